The highest BCUT2D eigenvalue weighted by molar-refractivity contribution is 5.90. The zero-order valence-corrected chi connectivity index (χ0v) is 12.4. The molecule has 1 fully saturated rings. The molecule has 1 aliphatic heterocycles. The molecular weight excluding hydrogens is 274 g/mol. The number of rotatable bonds is 3. The van der Waals surface area contributed by atoms with Crippen molar-refractivity contribution < 1.29 is 14.8 Å². The van der Waals surface area contributed by atoms with E-state index in [1.54, 1.807) is 6.92 Å². The van der Waals surface area contributed by atoms with E-state index in [0.717, 1.165) is 25.7 Å². The van der Waals surface area contributed by atoms with Crippen LogP contribution in [0.15, 0.2) is 12.1 Å². The third-order valence-corrected chi connectivity index (χ3v) is 4.10. The minimum absolute atomic E-state index is 0.0473. The van der Waals surface area contributed by atoms with Gasteiger partial charge in [0.05, 0.1) is 16.1 Å². The predicted octanol–water partition coefficient (Wildman–Crippen LogP) is 1.74. The molecule has 0 aromatic heterocycles. The second-order valence-electron chi connectivity index (χ2n) is 5.48. The number of carboxylic acid groups (broad SMARTS) is 1. The molecule has 7 nitrogen and oxygen atoms in total. The molecule has 114 valence electrons. The molecule has 0 bridgehead atoms. The van der Waals surface area contributed by atoms with E-state index in [0.29, 0.717) is 17.3 Å². The molecular formula is C14H19N3O4. The van der Waals surface area contributed by atoms with Crippen molar-refractivity contribution in [1.82, 2.24) is 4.90 Å². The van der Waals surface area contributed by atoms with Crippen LogP contribution in [0.5, 0.6) is 0 Å². The number of nitro groups is 1. The first kappa shape index (κ1) is 15.2. The van der Waals surface area contributed by atoms with Gasteiger partial charge in [-0.1, -0.05) is 0 Å². The lowest BCUT2D eigenvalue weighted by Gasteiger charge is -2.39. The molecule has 1 aromatic rings. The zero-order valence-electron chi connectivity index (χ0n) is 12.4. The van der Waals surface area contributed by atoms with Crippen LogP contribution in [0.4, 0.5) is 11.4 Å². The topological polar surface area (TPSA) is 86.9 Å². The van der Waals surface area contributed by atoms with Crippen molar-refractivity contribution >= 4 is 17.3 Å². The predicted molar refractivity (Wildman–Crippen MR) is 79.1 cm³/mol. The minimum atomic E-state index is -1.15. The molecule has 0 spiro atoms. The molecule has 0 radical (unpaired) electrons. The summed E-state index contributed by atoms with van der Waals surface area (Å²) in [5.74, 6) is -1.15. The van der Waals surface area contributed by atoms with Gasteiger partial charge in [-0.3, -0.25) is 10.1 Å². The average Bonchev–Trinajstić information content (AvgIpc) is 2.41. The Hall–Kier alpha value is -2.15. The molecule has 1 N–H and O–H groups in total. The van der Waals surface area contributed by atoms with Crippen LogP contribution in [-0.4, -0.2) is 53.6 Å². The average molecular weight is 293 g/mol. The monoisotopic (exact) mass is 293 g/mol. The van der Waals surface area contributed by atoms with E-state index in [1.807, 2.05) is 11.9 Å². The number of carbonyl (C=O) groups is 1. The summed E-state index contributed by atoms with van der Waals surface area (Å²) in [6.07, 6.45) is 0. The molecule has 0 saturated carbocycles. The smallest absolute Gasteiger partial charge is 0.336 e. The Bertz CT molecular complexity index is 588. The van der Waals surface area contributed by atoms with Gasteiger partial charge in [-0.2, -0.15) is 0 Å². The lowest BCUT2D eigenvalue weighted by molar-refractivity contribution is -0.385. The van der Waals surface area contributed by atoms with Gasteiger partial charge in [0.15, 0.2) is 0 Å². The quantitative estimate of drug-likeness (QED) is 0.674. The maximum absolute atomic E-state index is 11.2. The van der Waals surface area contributed by atoms with Crippen molar-refractivity contribution in [2.45, 2.75) is 19.9 Å². The van der Waals surface area contributed by atoms with Crippen molar-refractivity contribution in [3.8, 4) is 0 Å². The first-order valence-electron chi connectivity index (χ1n) is 6.78. The van der Waals surface area contributed by atoms with Crippen molar-refractivity contribution in [3.05, 3.63) is 33.4 Å². The van der Waals surface area contributed by atoms with Gasteiger partial charge in [0.25, 0.3) is 5.69 Å². The first-order valence-corrected chi connectivity index (χ1v) is 6.78. The van der Waals surface area contributed by atoms with Gasteiger partial charge in [0.1, 0.15) is 0 Å². The summed E-state index contributed by atoms with van der Waals surface area (Å²) < 4.78 is 0. The van der Waals surface area contributed by atoms with E-state index in [9.17, 15) is 14.9 Å². The van der Waals surface area contributed by atoms with Crippen molar-refractivity contribution in [3.63, 3.8) is 0 Å². The molecule has 1 unspecified atom stereocenters. The molecule has 1 atom stereocenters. The molecule has 1 heterocycles. The SMILES string of the molecule is Cc1c(N2CCN(C)C(C)C2)cc(C(=O)O)cc1[N+](=O)[O-]. The van der Waals surface area contributed by atoms with E-state index in [2.05, 4.69) is 11.8 Å². The zero-order chi connectivity index (χ0) is 15.7. The fourth-order valence-electron chi connectivity index (χ4n) is 2.59. The summed E-state index contributed by atoms with van der Waals surface area (Å²) in [6.45, 7) is 6.03. The molecule has 21 heavy (non-hydrogen) atoms. The van der Waals surface area contributed by atoms with Crippen LogP contribution in [-0.2, 0) is 0 Å². The van der Waals surface area contributed by atoms with Gasteiger partial charge in [0, 0.05) is 37.4 Å². The Morgan fingerprint density at radius 3 is 2.62 bits per heavy atom. The van der Waals surface area contributed by atoms with Gasteiger partial charge in [-0.15, -0.1) is 0 Å². The largest absolute Gasteiger partial charge is 0.478 e. The molecule has 1 saturated heterocycles. The number of carboxylic acids is 1. The molecule has 0 amide bonds. The van der Waals surface area contributed by atoms with Crippen LogP contribution in [0.3, 0.4) is 0 Å². The Morgan fingerprint density at radius 2 is 2.10 bits per heavy atom. The lowest BCUT2D eigenvalue weighted by atomic mass is 10.0. The van der Waals surface area contributed by atoms with Crippen LogP contribution >= 0.6 is 0 Å². The summed E-state index contributed by atoms with van der Waals surface area (Å²) in [5.41, 5.74) is 0.966. The summed E-state index contributed by atoms with van der Waals surface area (Å²) in [6, 6.07) is 2.97. The van der Waals surface area contributed by atoms with Crippen LogP contribution < -0.4 is 4.90 Å². The Labute approximate surface area is 122 Å². The highest BCUT2D eigenvalue weighted by Crippen LogP contribution is 2.31. The molecule has 7 heteroatoms. The standard InChI is InChI=1S/C14H19N3O4/c1-9-8-16(5-4-15(9)3)12-6-11(14(18)19)7-13(10(12)2)17(20)21/h6-7,9H,4-5,8H2,1-3H3,(H,18,19). The van der Waals surface area contributed by atoms with Gasteiger partial charge in [-0.25, -0.2) is 4.79 Å². The number of hydrogen-bond acceptors (Lipinski definition) is 5. The van der Waals surface area contributed by atoms with E-state index in [1.165, 1.54) is 6.07 Å². The highest BCUT2D eigenvalue weighted by Gasteiger charge is 2.26. The van der Waals surface area contributed by atoms with E-state index < -0.39 is 10.9 Å². The van der Waals surface area contributed by atoms with Gasteiger partial charge in [0.2, 0.25) is 0 Å². The normalized spacial score (nSPS) is 19.6. The molecule has 1 aliphatic rings. The summed E-state index contributed by atoms with van der Waals surface area (Å²) in [5, 5.41) is 20.3. The number of nitrogens with zero attached hydrogens (tertiary/aromatic N) is 3. The number of likely N-dealkylation sites (N-methyl/N-ethyl adjacent to an activating group) is 1. The molecule has 1 aromatic carbocycles. The second-order valence-corrected chi connectivity index (χ2v) is 5.48. The van der Waals surface area contributed by atoms with E-state index >= 15 is 0 Å². The third kappa shape index (κ3) is 2.97. The lowest BCUT2D eigenvalue weighted by Crippen LogP contribution is -2.50. The van der Waals surface area contributed by atoms with E-state index in [4.69, 9.17) is 5.11 Å². The minimum Gasteiger partial charge on any atom is -0.478 e. The summed E-state index contributed by atoms with van der Waals surface area (Å²) in [4.78, 5) is 26.0. The number of piperazine rings is 1. The van der Waals surface area contributed by atoms with Gasteiger partial charge < -0.3 is 14.9 Å². The van der Waals surface area contributed by atoms with Crippen LogP contribution in [0.1, 0.15) is 22.8 Å². The number of aromatic carboxylic acids is 1. The van der Waals surface area contributed by atoms with Crippen LogP contribution in [0.2, 0.25) is 0 Å². The fourth-order valence-corrected chi connectivity index (χ4v) is 2.59. The Morgan fingerprint density at radius 1 is 1.43 bits per heavy atom. The Kier molecular flexibility index (Phi) is 4.13. The number of hydrogen-bond donors (Lipinski definition) is 1. The third-order valence-electron chi connectivity index (χ3n) is 4.10. The van der Waals surface area contributed by atoms with E-state index in [-0.39, 0.29) is 11.3 Å². The van der Waals surface area contributed by atoms with Crippen LogP contribution in [0, 0.1) is 17.0 Å². The molecule has 2 rings (SSSR count). The first-order chi connectivity index (χ1) is 9.81. The van der Waals surface area contributed by atoms with Gasteiger partial charge in [-0.05, 0) is 27.0 Å². The number of benzene rings is 1. The fraction of sp³-hybridized carbons (Fsp3) is 0.500. The second kappa shape index (κ2) is 5.69. The van der Waals surface area contributed by atoms with Crippen molar-refractivity contribution in [2.24, 2.45) is 0 Å². The summed E-state index contributed by atoms with van der Waals surface area (Å²) in [7, 11) is 2.03. The number of nitro benzene ring substituents is 1. The summed E-state index contributed by atoms with van der Waals surface area (Å²) >= 11 is 0. The molecule has 0 aliphatic carbocycles. The number of anilines is 1. The van der Waals surface area contributed by atoms with Crippen LogP contribution in [0.25, 0.3) is 0 Å². The van der Waals surface area contributed by atoms with Gasteiger partial charge >= 0.3 is 5.97 Å². The van der Waals surface area contributed by atoms with Crippen molar-refractivity contribution in [2.75, 3.05) is 31.6 Å². The maximum atomic E-state index is 11.2. The maximum Gasteiger partial charge on any atom is 0.336 e. The van der Waals surface area contributed by atoms with Crippen molar-refractivity contribution in [1.29, 1.82) is 0 Å². The Balaban J connectivity index is 2.47. The highest BCUT2D eigenvalue weighted by atomic mass is 16.6.